The number of nitrogens with two attached hydrogens (primary N) is 1. The number of quaternary nitrogens is 1. The molecule has 0 saturated heterocycles. The zero-order valence-corrected chi connectivity index (χ0v) is 21.4. The third-order valence-corrected chi connectivity index (χ3v) is 5.86. The smallest absolute Gasteiger partial charge is 0.310 e. The summed E-state index contributed by atoms with van der Waals surface area (Å²) in [6.45, 7) is 5.43. The van der Waals surface area contributed by atoms with Crippen LogP contribution in [0.1, 0.15) is 122 Å². The van der Waals surface area contributed by atoms with Crippen molar-refractivity contribution in [1.29, 1.82) is 0 Å². The van der Waals surface area contributed by atoms with E-state index in [4.69, 9.17) is 0 Å². The predicted molar refractivity (Wildman–Crippen MR) is 126 cm³/mol. The fourth-order valence-corrected chi connectivity index (χ4v) is 3.92. The maximum atomic E-state index is 11.9. The lowest BCUT2D eigenvalue weighted by molar-refractivity contribution is -0.585. The van der Waals surface area contributed by atoms with Gasteiger partial charge in [0.1, 0.15) is 6.54 Å². The molecule has 2 N–H and O–H groups in total. The number of hydrogen-bond acceptors (Lipinski definition) is 1. The number of unbranched alkanes of at least 4 members (excludes halogenated alkanes) is 13. The van der Waals surface area contributed by atoms with Crippen LogP contribution in [0.3, 0.4) is 0 Å². The maximum absolute atomic E-state index is 11.9. The molecule has 30 heavy (non-hydrogen) atoms. The lowest BCUT2D eigenvalue weighted by Gasteiger charge is -2.05. The summed E-state index contributed by atoms with van der Waals surface area (Å²) in [5.74, 6) is 1.19. The monoisotopic (exact) mass is 481 g/mol. The normalized spacial score (nSPS) is 10.9. The molecule has 0 heterocycles. The molecule has 0 aliphatic heterocycles. The highest BCUT2D eigenvalue weighted by Gasteiger charge is 2.05. The molecule has 1 aromatic carbocycles. The fourth-order valence-electron chi connectivity index (χ4n) is 3.92. The number of rotatable bonds is 19. The first-order chi connectivity index (χ1) is 14.2. The Morgan fingerprint density at radius 1 is 0.700 bits per heavy atom. The second kappa shape index (κ2) is 21.6. The molecule has 0 bridgehead atoms. The molecule has 0 atom stereocenters. The second-order valence-corrected chi connectivity index (χ2v) is 9.24. The van der Waals surface area contributed by atoms with Gasteiger partial charge in [-0.2, -0.15) is 0 Å². The number of benzene rings is 1. The minimum atomic E-state index is 0. The van der Waals surface area contributed by atoms with E-state index in [1.165, 1.54) is 95.5 Å². The molecule has 1 amide bonds. The minimum Gasteiger partial charge on any atom is -1.00 e. The first kappa shape index (κ1) is 29.3. The second-order valence-electron chi connectivity index (χ2n) is 9.24. The molecule has 0 fully saturated rings. The molecule has 0 aromatic heterocycles. The van der Waals surface area contributed by atoms with Crippen LogP contribution in [0.2, 0.25) is 0 Å². The maximum Gasteiger partial charge on any atom is 0.310 e. The van der Waals surface area contributed by atoms with Crippen LogP contribution in [0.4, 0.5) is 0 Å². The zero-order valence-electron chi connectivity index (χ0n) is 19.8. The number of hydrogen-bond donors (Lipinski definition) is 1. The van der Waals surface area contributed by atoms with Gasteiger partial charge in [0.05, 0.1) is 6.42 Å². The molecular formula is C27H48BrNO. The largest absolute Gasteiger partial charge is 1.00 e. The minimum absolute atomic E-state index is 0. The van der Waals surface area contributed by atoms with E-state index in [1.807, 2.05) is 23.5 Å². The Hall–Kier alpha value is -0.670. The van der Waals surface area contributed by atoms with E-state index in [0.717, 1.165) is 25.3 Å². The van der Waals surface area contributed by atoms with Crippen LogP contribution in [-0.4, -0.2) is 5.91 Å². The molecule has 0 radical (unpaired) electrons. The highest BCUT2D eigenvalue weighted by molar-refractivity contribution is 5.65. The molecule has 0 aliphatic rings. The molecule has 1 rings (SSSR count). The van der Waals surface area contributed by atoms with Crippen molar-refractivity contribution in [2.45, 2.75) is 123 Å². The Labute approximate surface area is 197 Å². The number of halogens is 1. The third-order valence-electron chi connectivity index (χ3n) is 5.86. The summed E-state index contributed by atoms with van der Waals surface area (Å²) in [7, 11) is 0. The van der Waals surface area contributed by atoms with Crippen molar-refractivity contribution >= 4 is 5.91 Å². The fraction of sp³-hybridized carbons (Fsp3) is 0.741. The summed E-state index contributed by atoms with van der Waals surface area (Å²) in [5.41, 5.74) is 1.22. The molecule has 3 heteroatoms. The zero-order chi connectivity index (χ0) is 21.0. The first-order valence-electron chi connectivity index (χ1n) is 12.6. The molecule has 0 spiro atoms. The van der Waals surface area contributed by atoms with Gasteiger partial charge in [-0.25, -0.2) is 4.79 Å². The van der Waals surface area contributed by atoms with Crippen molar-refractivity contribution in [3.63, 3.8) is 0 Å². The summed E-state index contributed by atoms with van der Waals surface area (Å²) in [6, 6.07) is 10.2. The van der Waals surface area contributed by atoms with E-state index >= 15 is 0 Å². The predicted octanol–water partition coefficient (Wildman–Crippen LogP) is 4.18. The molecular weight excluding hydrogens is 434 g/mol. The summed E-state index contributed by atoms with van der Waals surface area (Å²) < 4.78 is 0. The van der Waals surface area contributed by atoms with E-state index in [2.05, 4.69) is 26.0 Å². The van der Waals surface area contributed by atoms with Gasteiger partial charge in [0.25, 0.3) is 0 Å². The van der Waals surface area contributed by atoms with E-state index in [1.54, 1.807) is 0 Å². The van der Waals surface area contributed by atoms with Crippen molar-refractivity contribution in [2.75, 3.05) is 0 Å². The topological polar surface area (TPSA) is 33.7 Å². The highest BCUT2D eigenvalue weighted by Crippen LogP contribution is 2.14. The van der Waals surface area contributed by atoms with Gasteiger partial charge in [-0.3, -0.25) is 5.32 Å². The summed E-state index contributed by atoms with van der Waals surface area (Å²) in [5, 5.41) is 1.86. The van der Waals surface area contributed by atoms with Crippen molar-refractivity contribution in [1.82, 2.24) is 0 Å². The van der Waals surface area contributed by atoms with Gasteiger partial charge >= 0.3 is 5.91 Å². The van der Waals surface area contributed by atoms with E-state index in [0.29, 0.717) is 5.91 Å². The summed E-state index contributed by atoms with van der Waals surface area (Å²) in [6.07, 6.45) is 21.3. The first-order valence-corrected chi connectivity index (χ1v) is 12.6. The van der Waals surface area contributed by atoms with Crippen molar-refractivity contribution < 1.29 is 27.1 Å². The van der Waals surface area contributed by atoms with Crippen LogP contribution in [0, 0.1) is 5.92 Å². The Balaban J connectivity index is 0.00000841. The Kier molecular flexibility index (Phi) is 21.1. The standard InChI is InChI=1S/C27H47NO.BrH/c1-25(2)20-16-13-11-9-7-5-3-4-6-8-10-12-14-19-23-27(29)28-24-26-21-17-15-18-22-26;/h15,17-18,21-22,25H,3-14,16,19-20,23-24H2,1-2H3,(H,28,29);1H. The van der Waals surface area contributed by atoms with Gasteiger partial charge in [0.15, 0.2) is 0 Å². The molecule has 1 aromatic rings. The van der Waals surface area contributed by atoms with Gasteiger partial charge in [-0.15, -0.1) is 0 Å². The van der Waals surface area contributed by atoms with E-state index in [-0.39, 0.29) is 17.0 Å². The number of primary amides is 1. The van der Waals surface area contributed by atoms with E-state index in [9.17, 15) is 4.79 Å². The van der Waals surface area contributed by atoms with Crippen LogP contribution >= 0.6 is 0 Å². The van der Waals surface area contributed by atoms with Gasteiger partial charge in [0, 0.05) is 5.56 Å². The molecule has 0 saturated carbocycles. The Morgan fingerprint density at radius 3 is 1.60 bits per heavy atom. The average molecular weight is 483 g/mol. The van der Waals surface area contributed by atoms with Crippen LogP contribution in [0.15, 0.2) is 30.3 Å². The summed E-state index contributed by atoms with van der Waals surface area (Å²) >= 11 is 0. The molecule has 0 unspecified atom stereocenters. The van der Waals surface area contributed by atoms with Gasteiger partial charge in [0.2, 0.25) is 0 Å². The number of amides is 1. The van der Waals surface area contributed by atoms with Crippen molar-refractivity contribution in [3.05, 3.63) is 35.9 Å². The van der Waals surface area contributed by atoms with Gasteiger partial charge in [-0.05, 0) is 12.3 Å². The van der Waals surface area contributed by atoms with Gasteiger partial charge < -0.3 is 17.0 Å². The molecule has 174 valence electrons. The lowest BCUT2D eigenvalue weighted by atomic mass is 10.0. The van der Waals surface area contributed by atoms with Crippen LogP contribution in [0.5, 0.6) is 0 Å². The number of carbonyl (C=O) groups excluding carboxylic acids is 1. The van der Waals surface area contributed by atoms with Gasteiger partial charge in [-0.1, -0.05) is 134 Å². The van der Waals surface area contributed by atoms with Crippen LogP contribution < -0.4 is 22.3 Å². The van der Waals surface area contributed by atoms with E-state index < -0.39 is 0 Å². The summed E-state index contributed by atoms with van der Waals surface area (Å²) in [4.78, 5) is 11.9. The number of carbonyl (C=O) groups is 1. The molecule has 2 nitrogen and oxygen atoms in total. The quantitative estimate of drug-likeness (QED) is 0.295. The Morgan fingerprint density at radius 2 is 1.13 bits per heavy atom. The lowest BCUT2D eigenvalue weighted by Crippen LogP contribution is -3.00. The van der Waals surface area contributed by atoms with Crippen LogP contribution in [0.25, 0.3) is 0 Å². The average Bonchev–Trinajstić information content (AvgIpc) is 2.72. The SMILES string of the molecule is CC(C)CCCCCCCCCCCCCCCCC(=O)[NH2+]Cc1ccccc1.[Br-]. The molecule has 0 aliphatic carbocycles. The Bertz CT molecular complexity index is 489. The van der Waals surface area contributed by atoms with Crippen LogP contribution in [-0.2, 0) is 11.3 Å². The highest BCUT2D eigenvalue weighted by atomic mass is 79.9. The van der Waals surface area contributed by atoms with Crippen molar-refractivity contribution in [3.8, 4) is 0 Å². The van der Waals surface area contributed by atoms with Crippen molar-refractivity contribution in [2.24, 2.45) is 5.92 Å². The third kappa shape index (κ3) is 19.3.